The van der Waals surface area contributed by atoms with Crippen molar-refractivity contribution in [1.82, 2.24) is 63.8 Å². The molecule has 0 spiro atoms. The van der Waals surface area contributed by atoms with E-state index in [-0.39, 0.29) is 128 Å². The second-order valence-electron chi connectivity index (χ2n) is 37.4. The van der Waals surface area contributed by atoms with Crippen LogP contribution in [0.15, 0.2) is 35.3 Å². The highest BCUT2D eigenvalue weighted by Gasteiger charge is 2.45. The van der Waals surface area contributed by atoms with Crippen molar-refractivity contribution in [2.45, 2.75) is 397 Å². The van der Waals surface area contributed by atoms with Crippen LogP contribution in [-0.4, -0.2) is 247 Å². The molecular weight excluding hydrogens is 1610 g/mol. The summed E-state index contributed by atoms with van der Waals surface area (Å²) >= 11 is 0. The monoisotopic (exact) mass is 1800 g/mol. The van der Waals surface area contributed by atoms with Crippen molar-refractivity contribution in [2.24, 2.45) is 33.7 Å². The number of unbranched alkanes of at least 4 members (excludes halogenated alkanes) is 1. The Labute approximate surface area is 773 Å². The number of nitrogens with one attached hydrogen (secondary N) is 12. The lowest BCUT2D eigenvalue weighted by molar-refractivity contribution is -0.125. The number of likely N-dealkylation sites (N-methyl/N-ethyl adjacent to an activating group) is 12. The van der Waals surface area contributed by atoms with Gasteiger partial charge in [-0.3, -0.25) is 62.5 Å². The fraction of sp³-hybridized carbons (Fsp3) is 0.788. The largest absolute Gasteiger partial charge is 0.394 e. The van der Waals surface area contributed by atoms with Crippen molar-refractivity contribution in [2.75, 3.05) is 97.7 Å². The number of hydrogen-bond acceptors (Lipinski definition) is 26. The summed E-state index contributed by atoms with van der Waals surface area (Å²) in [6.45, 7) is 49.9. The Morgan fingerprint density at radius 3 is 1.02 bits per heavy atom. The summed E-state index contributed by atoms with van der Waals surface area (Å²) in [5.41, 5.74) is 11.6. The normalized spacial score (nSPS) is 16.7. The molecule has 4 aliphatic carbocycles. The number of aliphatic hydroxyl groups excluding tert-OH is 1. The smallest absolute Gasteiger partial charge is 0.185 e. The number of nitrogens with two attached hydrogens (primary N) is 2. The minimum absolute atomic E-state index is 0.0208. The molecule has 742 valence electrons. The van der Waals surface area contributed by atoms with Gasteiger partial charge in [0.1, 0.15) is 63.6 Å². The van der Waals surface area contributed by atoms with Gasteiger partial charge in [-0.25, -0.2) is 0 Å². The average molecular weight is 1800 g/mol. The van der Waals surface area contributed by atoms with E-state index >= 15 is 0 Å². The van der Waals surface area contributed by atoms with Crippen LogP contribution in [0.25, 0.3) is 5.57 Å². The molecule has 28 heteroatoms. The van der Waals surface area contributed by atoms with Crippen LogP contribution in [0.5, 0.6) is 0 Å². The molecule has 1 aromatic rings. The maximum Gasteiger partial charge on any atom is 0.185 e. The van der Waals surface area contributed by atoms with E-state index < -0.39 is 16.6 Å². The van der Waals surface area contributed by atoms with Gasteiger partial charge in [0.05, 0.1) is 75.1 Å². The topological polar surface area (TPSA) is 434 Å². The van der Waals surface area contributed by atoms with Gasteiger partial charge >= 0.3 is 0 Å². The van der Waals surface area contributed by atoms with Crippen LogP contribution in [0.2, 0.25) is 0 Å². The number of carbonyl (C=O) groups is 12. The van der Waals surface area contributed by atoms with Gasteiger partial charge in [-0.2, -0.15) is 0 Å². The van der Waals surface area contributed by atoms with E-state index in [0.29, 0.717) is 29.9 Å². The number of benzene rings is 1. The van der Waals surface area contributed by atoms with Crippen LogP contribution in [-0.2, 0) is 64.0 Å². The second-order valence-corrected chi connectivity index (χ2v) is 37.4. The number of Topliss-reactive ketones (excluding diaryl/α,β-unsaturated/α-hetero) is 12. The molecule has 8 atom stereocenters. The Balaban J connectivity index is -0.000000249. The lowest BCUT2D eigenvalue weighted by Gasteiger charge is -2.34. The molecular formula is C99H193N15O13. The van der Waals surface area contributed by atoms with E-state index in [4.69, 9.17) is 16.6 Å². The van der Waals surface area contributed by atoms with Crippen LogP contribution < -0.4 is 75.3 Å². The van der Waals surface area contributed by atoms with Crippen LogP contribution in [0.3, 0.4) is 0 Å². The third kappa shape index (κ3) is 56.3. The molecule has 0 amide bonds. The molecule has 5 rings (SSSR count). The van der Waals surface area contributed by atoms with Crippen LogP contribution in [0.4, 0.5) is 0 Å². The van der Waals surface area contributed by atoms with Gasteiger partial charge in [-0.1, -0.05) is 138 Å². The molecule has 0 heterocycles. The summed E-state index contributed by atoms with van der Waals surface area (Å²) in [6.07, 6.45) is 24.9. The minimum Gasteiger partial charge on any atom is -0.394 e. The molecule has 28 nitrogen and oxygen atoms in total. The number of ketones is 12. The Kier molecular flexibility index (Phi) is 73.4. The first-order valence-electron chi connectivity index (χ1n) is 46.3. The second kappa shape index (κ2) is 69.6. The first-order valence-corrected chi connectivity index (χ1v) is 46.3. The maximum atomic E-state index is 11.7. The van der Waals surface area contributed by atoms with E-state index in [1.54, 1.807) is 111 Å². The third-order valence-electron chi connectivity index (χ3n) is 25.3. The quantitative estimate of drug-likeness (QED) is 0.0165. The molecule has 127 heavy (non-hydrogen) atoms. The molecule has 0 aliphatic heterocycles. The van der Waals surface area contributed by atoms with E-state index in [1.807, 2.05) is 97.9 Å². The van der Waals surface area contributed by atoms with E-state index in [0.717, 1.165) is 109 Å². The number of allylic oxidation sites excluding steroid dienone is 1. The number of fused-ring (bicyclic) bond motifs is 1. The predicted octanol–water partition coefficient (Wildman–Crippen LogP) is 11.6. The zero-order chi connectivity index (χ0) is 101. The maximum absolute atomic E-state index is 11.7. The molecule has 17 N–H and O–H groups in total. The molecule has 0 radical (unpaired) electrons. The van der Waals surface area contributed by atoms with Gasteiger partial charge in [0.2, 0.25) is 0 Å². The number of carbonyl (C=O) groups excluding carboxylic acids is 12. The molecule has 4 aliphatic rings. The summed E-state index contributed by atoms with van der Waals surface area (Å²) in [5.74, 6) is 3.78. The number of aliphatic hydroxyl groups is 1. The Morgan fingerprint density at radius 1 is 0.433 bits per heavy atom. The molecule has 0 saturated heterocycles. The van der Waals surface area contributed by atoms with Crippen molar-refractivity contribution < 1.29 is 62.6 Å². The fourth-order valence-electron chi connectivity index (χ4n) is 13.7. The highest BCUT2D eigenvalue weighted by Crippen LogP contribution is 2.36. The first kappa shape index (κ1) is 134. The average Bonchev–Trinajstić information content (AvgIpc) is 1.66. The zero-order valence-electron chi connectivity index (χ0n) is 87.8. The SMILES string of the molecule is CCCC[C@H](NC)C(C)=O.CC[C@H](NC)C(C)=O.CNC(C)(C)C(C)=O.CNC1(C(C)=O)CC1.CNC1(C(C)=O)CCCC1.CNC1(C(C)=O)CCCCC1.CN[C@@H](CCC(C)C)C(C)=O.CN[C@@](C)(CC(C)C)C(C)=O.CN[C@@](C)(CC1=CCc2ccccc21)C(C)=O.CN[C@@](C)(CCCN=C(N)N)C(C)=O.CN[C@@](C)(CO)C(C)=O.CN[C@H](C(C)=O)C(C)(C)C. The van der Waals surface area contributed by atoms with Gasteiger partial charge in [0.15, 0.2) is 11.7 Å². The number of aliphatic imine (C=N–C) groups is 1. The first-order chi connectivity index (χ1) is 58.5. The lowest BCUT2D eigenvalue weighted by atomic mass is 9.79. The fourth-order valence-corrected chi connectivity index (χ4v) is 13.7. The molecule has 3 fully saturated rings. The highest BCUT2D eigenvalue weighted by molar-refractivity contribution is 5.91. The van der Waals surface area contributed by atoms with Crippen molar-refractivity contribution >= 4 is 80.9 Å². The summed E-state index contributed by atoms with van der Waals surface area (Å²) in [6, 6.07) is 8.62. The predicted molar refractivity (Wildman–Crippen MR) is 531 cm³/mol. The molecule has 0 bridgehead atoms. The van der Waals surface area contributed by atoms with E-state index in [2.05, 4.69) is 155 Å². The van der Waals surface area contributed by atoms with Crippen LogP contribution in [0.1, 0.15) is 333 Å². The summed E-state index contributed by atoms with van der Waals surface area (Å²) in [7, 11) is 21.8. The molecule has 0 aromatic heterocycles. The summed E-state index contributed by atoms with van der Waals surface area (Å²) < 4.78 is 0. The van der Waals surface area contributed by atoms with Crippen molar-refractivity contribution in [3.63, 3.8) is 0 Å². The van der Waals surface area contributed by atoms with Crippen molar-refractivity contribution in [3.8, 4) is 0 Å². The minimum atomic E-state index is -0.750. The van der Waals surface area contributed by atoms with Crippen LogP contribution in [0, 0.1) is 17.3 Å². The molecule has 1 aromatic carbocycles. The van der Waals surface area contributed by atoms with Gasteiger partial charge in [0, 0.05) is 6.54 Å². The Morgan fingerprint density at radius 2 is 0.811 bits per heavy atom. The van der Waals surface area contributed by atoms with Gasteiger partial charge < -0.3 is 80.4 Å². The van der Waals surface area contributed by atoms with Gasteiger partial charge in [-0.15, -0.1) is 0 Å². The van der Waals surface area contributed by atoms with Crippen molar-refractivity contribution in [3.05, 3.63) is 41.5 Å². The van der Waals surface area contributed by atoms with Gasteiger partial charge in [0.25, 0.3) is 0 Å². The van der Waals surface area contributed by atoms with Crippen molar-refractivity contribution in [1.29, 1.82) is 0 Å². The Bertz CT molecular complexity index is 3360. The standard InChI is InChI=1S/C15H19NO.C9H20N4O.C9H17NO.2C9H19NO.C8H15NO.2C8H17NO.C6H13NO2.C6H11NO.2C6H13NO/c1-11(17)15(2,16-3)10-13-9-8-12-6-4-5-7-14(12)13;1-7(14)9(2,12-3)5-4-6-13-8(10)11;1-8(11)9(10-2)6-4-3-5-7-9;1-7(2)6-9(4,10-5)8(3)11;1-7(2)5-6-9(10-4)8(3)11;1-7(10)8(9-2)5-3-4-6-8;1-6(10)7(9-5)8(2,3)4;1-4-5-6-8(9-3)7(2)10;1-5(9)6(2,4-8)7-3;1-5(8)6(7-2)3-4-6;1-5(8)6(2,3)7-4;1-4-6(7-3)5(2)8/h4-7,9,16H,8,10H2,1-3H3;12H,4-6H2,1-3H3,(H4,10,11,13);10H,3-7H2,1-2H3;7,10H,6H2,1-5H3;7,9-10H,5-6H2,1-4H3;9H,3-6H2,1-2H3;7,9H,1-5H3;8-9H,4-6H2,1-3H3;7-8H,4H2,1-3H3;7H,3-4H2,1-2H3;7H,1-4H3;6-7H,4H2,1-3H3/t15-;9-;;2*9-;;7-;8-;6-;;;6-/m00.00.100..0/s1. The third-order valence-corrected chi connectivity index (χ3v) is 25.3. The lowest BCUT2D eigenvalue weighted by Crippen LogP contribution is -2.50. The highest BCUT2D eigenvalue weighted by atomic mass is 16.3. The number of rotatable bonds is 40. The summed E-state index contributed by atoms with van der Waals surface area (Å²) in [5, 5.41) is 44.7. The van der Waals surface area contributed by atoms with E-state index in [1.165, 1.54) is 55.7 Å². The number of guanidine groups is 1. The summed E-state index contributed by atoms with van der Waals surface area (Å²) in [4.78, 5) is 136. The molecule has 0 unspecified atom stereocenters. The van der Waals surface area contributed by atoms with Gasteiger partial charge in [-0.05, 0) is 339 Å². The molecule has 3 saturated carbocycles. The Hall–Kier alpha value is -6.25. The zero-order valence-corrected chi connectivity index (χ0v) is 87.8. The van der Waals surface area contributed by atoms with Crippen LogP contribution >= 0.6 is 0 Å². The number of hydrogen-bond donors (Lipinski definition) is 15. The number of nitrogens with zero attached hydrogens (tertiary/aromatic N) is 1. The van der Waals surface area contributed by atoms with E-state index in [9.17, 15) is 57.5 Å².